The fraction of sp³-hybridized carbons (Fsp3) is 0.412. The minimum Gasteiger partial charge on any atom is -0.486 e. The molecule has 2 N–H and O–H groups in total. The number of benzene rings is 2. The monoisotopic (exact) mass is 269 g/mol. The van der Waals surface area contributed by atoms with Gasteiger partial charge in [-0.15, -0.1) is 0 Å². The summed E-state index contributed by atoms with van der Waals surface area (Å²) in [5.74, 6) is 0.892. The summed E-state index contributed by atoms with van der Waals surface area (Å²) in [6.07, 6.45) is 2.22. The molecule has 1 fully saturated rings. The van der Waals surface area contributed by atoms with Gasteiger partial charge in [-0.05, 0) is 31.3 Å². The standard InChI is InChI=1S/C17H19NO2/c19-15-11-17(7-9-18-10-8-17)20-16-13-4-2-1-3-12(13)5-6-14(15)16/h1-6,15,18-19H,7-11H2. The average molecular weight is 269 g/mol. The van der Waals surface area contributed by atoms with Gasteiger partial charge in [0.25, 0.3) is 0 Å². The highest BCUT2D eigenvalue weighted by Crippen LogP contribution is 2.46. The molecular weight excluding hydrogens is 250 g/mol. The van der Waals surface area contributed by atoms with Crippen molar-refractivity contribution in [2.45, 2.75) is 31.0 Å². The number of ether oxygens (including phenoxy) is 1. The summed E-state index contributed by atoms with van der Waals surface area (Å²) in [6, 6.07) is 12.3. The maximum absolute atomic E-state index is 10.5. The topological polar surface area (TPSA) is 41.5 Å². The molecule has 2 heterocycles. The first kappa shape index (κ1) is 12.2. The molecule has 1 unspecified atom stereocenters. The second-order valence-corrected chi connectivity index (χ2v) is 5.96. The lowest BCUT2D eigenvalue weighted by Crippen LogP contribution is -2.49. The minimum atomic E-state index is -0.415. The van der Waals surface area contributed by atoms with Gasteiger partial charge in [-0.2, -0.15) is 0 Å². The molecular formula is C17H19NO2. The largest absolute Gasteiger partial charge is 0.486 e. The van der Waals surface area contributed by atoms with E-state index in [0.29, 0.717) is 6.42 Å². The molecule has 0 amide bonds. The molecule has 0 aliphatic carbocycles. The zero-order valence-corrected chi connectivity index (χ0v) is 11.4. The number of hydrogen-bond acceptors (Lipinski definition) is 3. The first-order chi connectivity index (χ1) is 9.77. The summed E-state index contributed by atoms with van der Waals surface area (Å²) in [7, 11) is 0. The Bertz CT molecular complexity index is 646. The van der Waals surface area contributed by atoms with Crippen LogP contribution >= 0.6 is 0 Å². The van der Waals surface area contributed by atoms with Crippen LogP contribution < -0.4 is 10.1 Å². The molecule has 3 heteroatoms. The first-order valence-electron chi connectivity index (χ1n) is 7.37. The van der Waals surface area contributed by atoms with E-state index in [-0.39, 0.29) is 5.60 Å². The van der Waals surface area contributed by atoms with Crippen LogP contribution in [0.15, 0.2) is 36.4 Å². The quantitative estimate of drug-likeness (QED) is 0.772. The minimum absolute atomic E-state index is 0.193. The molecule has 1 atom stereocenters. The highest BCUT2D eigenvalue weighted by atomic mass is 16.5. The van der Waals surface area contributed by atoms with Crippen LogP contribution in [-0.4, -0.2) is 23.8 Å². The second-order valence-electron chi connectivity index (χ2n) is 5.96. The Morgan fingerprint density at radius 3 is 2.75 bits per heavy atom. The van der Waals surface area contributed by atoms with E-state index in [1.165, 1.54) is 5.39 Å². The third-order valence-electron chi connectivity index (χ3n) is 4.67. The molecule has 0 radical (unpaired) electrons. The fourth-order valence-electron chi connectivity index (χ4n) is 3.55. The van der Waals surface area contributed by atoms with Gasteiger partial charge in [-0.3, -0.25) is 0 Å². The Morgan fingerprint density at radius 1 is 1.10 bits per heavy atom. The molecule has 4 rings (SSSR count). The van der Waals surface area contributed by atoms with E-state index in [1.54, 1.807) is 0 Å². The van der Waals surface area contributed by atoms with Crippen molar-refractivity contribution in [3.05, 3.63) is 42.0 Å². The molecule has 0 bridgehead atoms. The van der Waals surface area contributed by atoms with Crippen molar-refractivity contribution in [2.75, 3.05) is 13.1 Å². The molecule has 20 heavy (non-hydrogen) atoms. The third-order valence-corrected chi connectivity index (χ3v) is 4.67. The lowest BCUT2D eigenvalue weighted by molar-refractivity contribution is -0.0323. The molecule has 2 aliphatic heterocycles. The zero-order chi connectivity index (χ0) is 13.6. The lowest BCUT2D eigenvalue weighted by Gasteiger charge is -2.43. The number of aliphatic hydroxyl groups is 1. The number of piperidine rings is 1. The van der Waals surface area contributed by atoms with E-state index in [0.717, 1.165) is 42.6 Å². The molecule has 0 saturated carbocycles. The van der Waals surface area contributed by atoms with Crippen molar-refractivity contribution in [1.82, 2.24) is 5.32 Å². The zero-order valence-electron chi connectivity index (χ0n) is 11.4. The molecule has 2 aromatic rings. The van der Waals surface area contributed by atoms with Crippen molar-refractivity contribution < 1.29 is 9.84 Å². The van der Waals surface area contributed by atoms with Gasteiger partial charge in [-0.25, -0.2) is 0 Å². The van der Waals surface area contributed by atoms with E-state index in [9.17, 15) is 5.11 Å². The maximum Gasteiger partial charge on any atom is 0.133 e. The van der Waals surface area contributed by atoms with Crippen molar-refractivity contribution in [2.24, 2.45) is 0 Å². The Labute approximate surface area is 118 Å². The normalized spacial score (nSPS) is 24.4. The van der Waals surface area contributed by atoms with Gasteiger partial charge in [-0.1, -0.05) is 36.4 Å². The van der Waals surface area contributed by atoms with E-state index in [4.69, 9.17) is 4.74 Å². The van der Waals surface area contributed by atoms with Crippen molar-refractivity contribution in [3.63, 3.8) is 0 Å². The number of fused-ring (bicyclic) bond motifs is 3. The van der Waals surface area contributed by atoms with Crippen LogP contribution in [0, 0.1) is 0 Å². The SMILES string of the molecule is OC1CC2(CCNCC2)Oc2c1ccc1ccccc21. The van der Waals surface area contributed by atoms with Crippen LogP contribution in [0.25, 0.3) is 10.8 Å². The molecule has 2 aromatic carbocycles. The smallest absolute Gasteiger partial charge is 0.133 e. The number of aliphatic hydroxyl groups excluding tert-OH is 1. The number of nitrogens with one attached hydrogen (secondary N) is 1. The summed E-state index contributed by atoms with van der Waals surface area (Å²) >= 11 is 0. The van der Waals surface area contributed by atoms with E-state index >= 15 is 0 Å². The van der Waals surface area contributed by atoms with Crippen LogP contribution in [0.4, 0.5) is 0 Å². The Kier molecular flexibility index (Phi) is 2.72. The molecule has 1 saturated heterocycles. The van der Waals surface area contributed by atoms with Gasteiger partial charge < -0.3 is 15.2 Å². The van der Waals surface area contributed by atoms with Gasteiger partial charge in [0.15, 0.2) is 0 Å². The Morgan fingerprint density at radius 2 is 1.90 bits per heavy atom. The van der Waals surface area contributed by atoms with Crippen molar-refractivity contribution >= 4 is 10.8 Å². The molecule has 3 nitrogen and oxygen atoms in total. The lowest BCUT2D eigenvalue weighted by atomic mass is 9.81. The fourth-order valence-corrected chi connectivity index (χ4v) is 3.55. The summed E-state index contributed by atoms with van der Waals surface area (Å²) < 4.78 is 6.44. The maximum atomic E-state index is 10.5. The van der Waals surface area contributed by atoms with Crippen LogP contribution in [0.2, 0.25) is 0 Å². The molecule has 1 spiro atoms. The van der Waals surface area contributed by atoms with Crippen LogP contribution in [0.5, 0.6) is 5.75 Å². The Balaban J connectivity index is 1.86. The van der Waals surface area contributed by atoms with Crippen LogP contribution in [0.1, 0.15) is 30.9 Å². The Hall–Kier alpha value is -1.58. The molecule has 104 valence electrons. The summed E-state index contributed by atoms with van der Waals surface area (Å²) in [4.78, 5) is 0. The second kappa shape index (κ2) is 4.47. The van der Waals surface area contributed by atoms with Crippen molar-refractivity contribution in [3.8, 4) is 5.75 Å². The first-order valence-corrected chi connectivity index (χ1v) is 7.37. The van der Waals surface area contributed by atoms with E-state index in [1.807, 2.05) is 18.2 Å². The summed E-state index contributed by atoms with van der Waals surface area (Å²) in [6.45, 7) is 1.93. The molecule has 2 aliphatic rings. The van der Waals surface area contributed by atoms with Gasteiger partial charge in [0.05, 0.1) is 6.10 Å². The van der Waals surface area contributed by atoms with Gasteiger partial charge in [0.2, 0.25) is 0 Å². The van der Waals surface area contributed by atoms with E-state index < -0.39 is 6.10 Å². The van der Waals surface area contributed by atoms with Crippen molar-refractivity contribution in [1.29, 1.82) is 0 Å². The summed E-state index contributed by atoms with van der Waals surface area (Å²) in [5.41, 5.74) is 0.745. The number of rotatable bonds is 0. The summed E-state index contributed by atoms with van der Waals surface area (Å²) in [5, 5.41) is 16.2. The van der Waals surface area contributed by atoms with Crippen LogP contribution in [-0.2, 0) is 0 Å². The average Bonchev–Trinajstić information content (AvgIpc) is 2.48. The van der Waals surface area contributed by atoms with Gasteiger partial charge in [0, 0.05) is 17.4 Å². The predicted octanol–water partition coefficient (Wildman–Crippen LogP) is 2.78. The van der Waals surface area contributed by atoms with Gasteiger partial charge in [0.1, 0.15) is 11.4 Å². The van der Waals surface area contributed by atoms with Gasteiger partial charge >= 0.3 is 0 Å². The molecule has 0 aromatic heterocycles. The highest BCUT2D eigenvalue weighted by molar-refractivity contribution is 5.90. The van der Waals surface area contributed by atoms with E-state index in [2.05, 4.69) is 23.5 Å². The number of hydrogen-bond donors (Lipinski definition) is 2. The predicted molar refractivity (Wildman–Crippen MR) is 79.0 cm³/mol. The van der Waals surface area contributed by atoms with Crippen LogP contribution in [0.3, 0.4) is 0 Å². The highest BCUT2D eigenvalue weighted by Gasteiger charge is 2.41. The third kappa shape index (κ3) is 1.81.